The number of isothiocyanates is 1. The zero-order chi connectivity index (χ0) is 41.2. The highest BCUT2D eigenvalue weighted by molar-refractivity contribution is 7.80. The van der Waals surface area contributed by atoms with E-state index in [4.69, 9.17) is 41.0 Å². The number of phenols is 3. The monoisotopic (exact) mass is 796 g/mol. The van der Waals surface area contributed by atoms with Crippen molar-refractivity contribution in [1.29, 1.82) is 0 Å². The lowest BCUT2D eigenvalue weighted by molar-refractivity contribution is 0.0975. The van der Waals surface area contributed by atoms with E-state index in [0.29, 0.717) is 16.9 Å². The second kappa shape index (κ2) is 22.1. The summed E-state index contributed by atoms with van der Waals surface area (Å²) in [4.78, 5) is 26.2. The van der Waals surface area contributed by atoms with Gasteiger partial charge in [-0.2, -0.15) is 4.99 Å². The number of carbonyl (C=O) groups is 2. The highest BCUT2D eigenvalue weighted by atomic mass is 32.1. The van der Waals surface area contributed by atoms with E-state index in [2.05, 4.69) is 33.2 Å². The lowest BCUT2D eigenvalue weighted by atomic mass is 10.1. The lowest BCUT2D eigenvalue weighted by Crippen LogP contribution is -2.34. The number of carbonyl (C=O) groups excluding carboxylic acids is 2. The smallest absolute Gasteiger partial charge is 0.285 e. The number of hydrogen-bond donors (Lipinski definition) is 8. The van der Waals surface area contributed by atoms with Crippen LogP contribution in [0.25, 0.3) is 0 Å². The largest absolute Gasteiger partial charge is 0.508 e. The molecule has 2 amide bonds. The van der Waals surface area contributed by atoms with E-state index in [1.165, 1.54) is 0 Å². The summed E-state index contributed by atoms with van der Waals surface area (Å²) >= 11 is 14.2. The first-order chi connectivity index (χ1) is 25.9. The zero-order valence-electron chi connectivity index (χ0n) is 31.2. The molecule has 0 aliphatic carbocycles. The molecule has 0 aliphatic rings. The number of rotatable bonds is 4. The van der Waals surface area contributed by atoms with Crippen LogP contribution in [0.2, 0.25) is 0 Å². The molecule has 0 spiro atoms. The molecule has 0 fully saturated rings. The van der Waals surface area contributed by atoms with Crippen LogP contribution in [0.15, 0.2) is 102 Å². The van der Waals surface area contributed by atoms with Crippen molar-refractivity contribution in [2.24, 2.45) is 10.7 Å². The summed E-state index contributed by atoms with van der Waals surface area (Å²) in [5.74, 6) is 0.219. The molecule has 0 saturated heterocycles. The van der Waals surface area contributed by atoms with Gasteiger partial charge in [0, 0.05) is 28.2 Å². The number of nitrogen functional groups attached to an aromatic ring is 1. The van der Waals surface area contributed by atoms with Gasteiger partial charge in [-0.1, -0.05) is 36.4 Å². The van der Waals surface area contributed by atoms with Crippen molar-refractivity contribution in [2.45, 2.75) is 41.5 Å². The third kappa shape index (κ3) is 15.4. The molecule has 11 nitrogen and oxygen atoms in total. The van der Waals surface area contributed by atoms with E-state index in [9.17, 15) is 19.8 Å². The maximum absolute atomic E-state index is 12.0. The number of nitrogens with two attached hydrogens (primary N) is 2. The Hall–Kier alpha value is -6.18. The van der Waals surface area contributed by atoms with Crippen molar-refractivity contribution in [2.75, 3.05) is 16.4 Å². The van der Waals surface area contributed by atoms with E-state index in [0.717, 1.165) is 50.4 Å². The fourth-order valence-electron chi connectivity index (χ4n) is 4.43. The first-order valence-electron chi connectivity index (χ1n) is 16.5. The van der Waals surface area contributed by atoms with Crippen LogP contribution >= 0.6 is 36.7 Å². The Kier molecular flexibility index (Phi) is 18.1. The van der Waals surface area contributed by atoms with E-state index < -0.39 is 0 Å². The third-order valence-electron chi connectivity index (χ3n) is 7.61. The van der Waals surface area contributed by atoms with Crippen LogP contribution < -0.4 is 27.4 Å². The van der Waals surface area contributed by atoms with Crippen molar-refractivity contribution < 1.29 is 24.9 Å². The Morgan fingerprint density at radius 3 is 1.47 bits per heavy atom. The van der Waals surface area contributed by atoms with Gasteiger partial charge in [0.25, 0.3) is 11.8 Å². The van der Waals surface area contributed by atoms with Crippen molar-refractivity contribution in [3.63, 3.8) is 0 Å². The van der Waals surface area contributed by atoms with E-state index >= 15 is 0 Å². The molecular formula is C41H44N6O5S3. The minimum atomic E-state index is -0.347. The molecule has 0 aliphatic heterocycles. The molecule has 5 rings (SSSR count). The Morgan fingerprint density at radius 1 is 0.618 bits per heavy atom. The molecule has 10 N–H and O–H groups in total. The van der Waals surface area contributed by atoms with Gasteiger partial charge in [0.1, 0.15) is 17.2 Å². The van der Waals surface area contributed by atoms with Crippen LogP contribution in [0.4, 0.5) is 17.1 Å². The molecular weight excluding hydrogens is 753 g/mol. The Balaban J connectivity index is 0.000000267. The van der Waals surface area contributed by atoms with E-state index in [-0.39, 0.29) is 33.5 Å². The van der Waals surface area contributed by atoms with Gasteiger partial charge in [-0.25, -0.2) is 0 Å². The molecule has 55 heavy (non-hydrogen) atoms. The Labute approximate surface area is 337 Å². The number of nitrogens with one attached hydrogen (secondary N) is 3. The highest BCUT2D eigenvalue weighted by Gasteiger charge is 2.10. The number of thiocarbonyl (C=S) groups is 3. The van der Waals surface area contributed by atoms with Crippen LogP contribution in [0.1, 0.15) is 54.1 Å². The Bertz CT molecular complexity index is 2140. The molecule has 0 bridgehead atoms. The zero-order valence-corrected chi connectivity index (χ0v) is 33.7. The molecule has 0 saturated carbocycles. The third-order valence-corrected chi connectivity index (χ3v) is 8.00. The fraction of sp³-hybridized carbons (Fsp3) is 0.146. The van der Waals surface area contributed by atoms with Crippen LogP contribution in [0.3, 0.4) is 0 Å². The predicted octanol–water partition coefficient (Wildman–Crippen LogP) is 8.32. The van der Waals surface area contributed by atoms with Gasteiger partial charge in [-0.3, -0.25) is 14.9 Å². The summed E-state index contributed by atoms with van der Waals surface area (Å²) in [7, 11) is 0. The van der Waals surface area contributed by atoms with Gasteiger partial charge < -0.3 is 37.4 Å². The number of benzene rings is 5. The Morgan fingerprint density at radius 2 is 1.04 bits per heavy atom. The number of anilines is 3. The molecule has 0 radical (unpaired) electrons. The van der Waals surface area contributed by atoms with Gasteiger partial charge in [0.15, 0.2) is 10.2 Å². The maximum Gasteiger partial charge on any atom is 0.285 e. The summed E-state index contributed by atoms with van der Waals surface area (Å²) in [6, 6.07) is 27.9. The molecule has 14 heteroatoms. The summed E-state index contributed by atoms with van der Waals surface area (Å²) < 4.78 is 0. The lowest BCUT2D eigenvalue weighted by Gasteiger charge is -2.13. The first kappa shape index (κ1) is 45.0. The van der Waals surface area contributed by atoms with Gasteiger partial charge >= 0.3 is 0 Å². The van der Waals surface area contributed by atoms with Crippen molar-refractivity contribution >= 4 is 80.9 Å². The normalized spacial score (nSPS) is 9.56. The second-order valence-corrected chi connectivity index (χ2v) is 13.1. The molecule has 0 heterocycles. The summed E-state index contributed by atoms with van der Waals surface area (Å²) in [5.41, 5.74) is 19.3. The summed E-state index contributed by atoms with van der Waals surface area (Å²) in [6.07, 6.45) is 0. The summed E-state index contributed by atoms with van der Waals surface area (Å²) in [5, 5.41) is 39.1. The van der Waals surface area contributed by atoms with Gasteiger partial charge in [-0.15, -0.1) is 0 Å². The first-order valence-corrected chi connectivity index (χ1v) is 17.7. The average molecular weight is 797 g/mol. The predicted molar refractivity (Wildman–Crippen MR) is 233 cm³/mol. The number of amides is 2. The topological polar surface area (TPSA) is 195 Å². The van der Waals surface area contributed by atoms with Crippen molar-refractivity contribution in [3.05, 3.63) is 142 Å². The standard InChI is InChI=1S/C16H16N2O2S.C9H12N2OS.C8H5NOS.C8H11NO/c1-10-9-14(19)11(2)8-13(10)17-16(21)18-15(20)12-6-4-3-5-7-12;1-5-4-8(12)6(2)3-7(5)11-9(10)13;10-8(9-6-11)7-4-2-1-3-5-7;1-5-4-8(10)6(2)3-7(5)9/h3-9,19H,1-2H3,(H2,17,18,20,21);3-4,12H,1-2H3,(H3,10,11,13);1-5H;3-4,10H,9H2,1-2H3. The van der Waals surface area contributed by atoms with Crippen LogP contribution in [-0.4, -0.2) is 42.5 Å². The number of aryl methyl sites for hydroxylation is 6. The van der Waals surface area contributed by atoms with Gasteiger partial charge in [0.05, 0.1) is 5.16 Å². The number of aliphatic imine (C=N–C) groups is 1. The van der Waals surface area contributed by atoms with Gasteiger partial charge in [0.2, 0.25) is 0 Å². The van der Waals surface area contributed by atoms with Crippen molar-refractivity contribution in [3.8, 4) is 17.2 Å². The van der Waals surface area contributed by atoms with Crippen LogP contribution in [0, 0.1) is 41.5 Å². The minimum Gasteiger partial charge on any atom is -0.508 e. The number of aromatic hydroxyl groups is 3. The minimum absolute atomic E-state index is 0.219. The molecule has 0 atom stereocenters. The SMILES string of the molecule is Cc1cc(NC(=S)NC(=O)c2ccccc2)c(C)cc1O.Cc1cc(NC(N)=S)c(C)cc1O.Cc1cc(O)c(C)cc1N.O=C(N=C=S)c1ccccc1. The molecule has 5 aromatic carbocycles. The average Bonchev–Trinajstić information content (AvgIpc) is 3.13. The highest BCUT2D eigenvalue weighted by Crippen LogP contribution is 2.26. The number of nitrogens with zero attached hydrogens (tertiary/aromatic N) is 1. The quantitative estimate of drug-likeness (QED) is 0.0376. The molecule has 5 aromatic rings. The second-order valence-electron chi connectivity index (χ2n) is 12.0. The molecule has 0 aromatic heterocycles. The van der Waals surface area contributed by atoms with Crippen LogP contribution in [0.5, 0.6) is 17.2 Å². The number of phenolic OH excluding ortho intramolecular Hbond substituents is 3. The van der Waals surface area contributed by atoms with Crippen molar-refractivity contribution in [1.82, 2.24) is 5.32 Å². The van der Waals surface area contributed by atoms with E-state index in [1.807, 2.05) is 58.0 Å². The number of hydrogen-bond acceptors (Lipinski definition) is 9. The summed E-state index contributed by atoms with van der Waals surface area (Å²) in [6.45, 7) is 11.0. The van der Waals surface area contributed by atoms with Gasteiger partial charge in [-0.05, 0) is 172 Å². The molecule has 286 valence electrons. The maximum atomic E-state index is 12.0. The van der Waals surface area contributed by atoms with Crippen LogP contribution in [-0.2, 0) is 0 Å². The van der Waals surface area contributed by atoms with E-state index in [1.54, 1.807) is 85.8 Å². The molecule has 0 unspecified atom stereocenters. The fourth-order valence-corrected chi connectivity index (χ4v) is 4.83.